The Morgan fingerprint density at radius 2 is 1.81 bits per heavy atom. The summed E-state index contributed by atoms with van der Waals surface area (Å²) in [5.41, 5.74) is -1.65. The third-order valence-corrected chi connectivity index (χ3v) is 15.2. The van der Waals surface area contributed by atoms with Crippen molar-refractivity contribution in [2.75, 3.05) is 13.7 Å². The summed E-state index contributed by atoms with van der Waals surface area (Å²) in [7, 11) is -2.51. The Kier molecular flexibility index (Phi) is 10.2. The van der Waals surface area contributed by atoms with Gasteiger partial charge in [-0.1, -0.05) is 25.0 Å². The van der Waals surface area contributed by atoms with Crippen LogP contribution < -0.4 is 24.8 Å². The van der Waals surface area contributed by atoms with E-state index in [-0.39, 0.29) is 44.1 Å². The second kappa shape index (κ2) is 14.7. The number of alkyl halides is 1. The third kappa shape index (κ3) is 7.42. The highest BCUT2D eigenvalue weighted by atomic mass is 32.2. The predicted molar refractivity (Wildman–Crippen MR) is 207 cm³/mol. The molecule has 0 unspecified atom stereocenters. The average molecular weight is 810 g/mol. The van der Waals surface area contributed by atoms with E-state index in [9.17, 15) is 27.6 Å². The molecule has 1 aromatic carbocycles. The zero-order valence-electron chi connectivity index (χ0n) is 32.7. The standard InChI is InChI=1S/C41H52FN5O9S/c1-24-34-33(28-19-27(54-3)15-16-30(28)43-24)29(42)21-40(56-34)22-32-35(48)45-41(37(50)46-57(52,53)39(2)17-18-39)20-25(41)11-7-5-4-6-8-14-31(36(49)47(32)23-40)44-38(51)55-26-12-9-10-13-26/h7,11,15-16,19,25-26,29,31-32H,4-6,8-10,12-14,17-18,20-23H2,1-3H3,(H,44,51)(H,45,48)(H,46,50)/b11-7-/t25-,29-,31+,32+,40-,41-/m1/s1. The number of hydrogen-bond donors (Lipinski definition) is 3. The summed E-state index contributed by atoms with van der Waals surface area (Å²) in [5, 5.41) is 6.20. The first-order chi connectivity index (χ1) is 27.2. The van der Waals surface area contributed by atoms with Crippen LogP contribution in [0.25, 0.3) is 10.9 Å². The van der Waals surface area contributed by atoms with Crippen LogP contribution in [-0.4, -0.2) is 89.8 Å². The number of fused-ring (bicyclic) bond motifs is 5. The molecule has 0 radical (unpaired) electrons. The number of alkyl carbamates (subject to hydrolysis) is 1. The van der Waals surface area contributed by atoms with Crippen LogP contribution in [-0.2, 0) is 29.1 Å². The molecule has 1 aromatic heterocycles. The zero-order chi connectivity index (χ0) is 40.3. The van der Waals surface area contributed by atoms with Gasteiger partial charge in [0.1, 0.15) is 47.0 Å². The van der Waals surface area contributed by atoms with E-state index >= 15 is 4.39 Å². The van der Waals surface area contributed by atoms with Crippen molar-refractivity contribution in [3.8, 4) is 11.5 Å². The minimum absolute atomic E-state index is 0.131. The molecule has 308 valence electrons. The van der Waals surface area contributed by atoms with Crippen molar-refractivity contribution in [3.05, 3.63) is 41.6 Å². The summed E-state index contributed by atoms with van der Waals surface area (Å²) in [6.07, 6.45) is 8.35. The smallest absolute Gasteiger partial charge is 0.408 e. The molecule has 4 heterocycles. The van der Waals surface area contributed by atoms with E-state index in [0.717, 1.165) is 38.5 Å². The van der Waals surface area contributed by atoms with E-state index in [1.165, 1.54) is 12.0 Å². The lowest BCUT2D eigenvalue weighted by Crippen LogP contribution is -2.58. The van der Waals surface area contributed by atoms with Gasteiger partial charge in [0, 0.05) is 29.7 Å². The summed E-state index contributed by atoms with van der Waals surface area (Å²) < 4.78 is 62.3. The second-order valence-corrected chi connectivity index (χ2v) is 19.4. The number of allylic oxidation sites excluding steroid dienone is 1. The SMILES string of the molecule is COc1ccc2nc(C)c3c(c2c1)[C@H](F)C[C@]1(C[C@H]2C(=O)N[C@]4(C(=O)NS(=O)(=O)C5(C)CC5)C[C@H]4/C=C\CCCCC[C@H](NC(=O)OC4CCCC4)C(=O)N2C1)O3. The Morgan fingerprint density at radius 1 is 1.05 bits per heavy atom. The van der Waals surface area contributed by atoms with Gasteiger partial charge in [-0.05, 0) is 96.3 Å². The molecule has 2 aromatic rings. The van der Waals surface area contributed by atoms with E-state index in [2.05, 4.69) is 20.3 Å². The number of ether oxygens (including phenoxy) is 3. The highest BCUT2D eigenvalue weighted by Crippen LogP contribution is 2.52. The Labute approximate surface area is 332 Å². The molecule has 3 N–H and O–H groups in total. The summed E-state index contributed by atoms with van der Waals surface area (Å²) in [4.78, 5) is 62.7. The number of methoxy groups -OCH3 is 1. The molecule has 0 bridgehead atoms. The number of sulfonamides is 1. The molecular formula is C41H52FN5O9S. The molecule has 8 rings (SSSR count). The first-order valence-electron chi connectivity index (χ1n) is 20.3. The Hall–Kier alpha value is -4.47. The van der Waals surface area contributed by atoms with Gasteiger partial charge in [0.2, 0.25) is 21.8 Å². The van der Waals surface area contributed by atoms with Gasteiger partial charge in [-0.15, -0.1) is 0 Å². The number of aryl methyl sites for hydroxylation is 1. The molecule has 4 fully saturated rings. The number of pyridine rings is 1. The molecule has 14 nitrogen and oxygen atoms in total. The van der Waals surface area contributed by atoms with Crippen LogP contribution in [0, 0.1) is 12.8 Å². The van der Waals surface area contributed by atoms with Gasteiger partial charge < -0.3 is 29.7 Å². The first-order valence-corrected chi connectivity index (χ1v) is 21.8. The summed E-state index contributed by atoms with van der Waals surface area (Å²) in [5.74, 6) is -1.83. The van der Waals surface area contributed by atoms with Crippen LogP contribution in [0.2, 0.25) is 0 Å². The minimum Gasteiger partial charge on any atom is -0.497 e. The monoisotopic (exact) mass is 809 g/mol. The largest absolute Gasteiger partial charge is 0.497 e. The maximum Gasteiger partial charge on any atom is 0.408 e. The van der Waals surface area contributed by atoms with Crippen molar-refractivity contribution in [3.63, 3.8) is 0 Å². The van der Waals surface area contributed by atoms with Crippen molar-refractivity contribution in [1.82, 2.24) is 25.2 Å². The third-order valence-electron chi connectivity index (χ3n) is 13.0. The maximum absolute atomic E-state index is 16.8. The number of halogens is 1. The van der Waals surface area contributed by atoms with Gasteiger partial charge in [-0.25, -0.2) is 22.6 Å². The fourth-order valence-electron chi connectivity index (χ4n) is 9.17. The number of carbonyl (C=O) groups excluding carboxylic acids is 4. The number of carbonyl (C=O) groups is 4. The summed E-state index contributed by atoms with van der Waals surface area (Å²) in [6, 6.07) is 2.89. The Balaban J connectivity index is 1.14. The molecule has 6 atom stereocenters. The van der Waals surface area contributed by atoms with E-state index in [1.54, 1.807) is 32.0 Å². The van der Waals surface area contributed by atoms with Gasteiger partial charge >= 0.3 is 6.09 Å². The fraction of sp³-hybridized carbons (Fsp3) is 0.634. The van der Waals surface area contributed by atoms with Gasteiger partial charge in [-0.2, -0.15) is 0 Å². The Morgan fingerprint density at radius 3 is 2.54 bits per heavy atom. The molecule has 16 heteroatoms. The first kappa shape index (κ1) is 39.4. The van der Waals surface area contributed by atoms with E-state index in [1.807, 2.05) is 12.2 Å². The lowest BCUT2D eigenvalue weighted by atomic mass is 9.86. The number of amides is 4. The van der Waals surface area contributed by atoms with E-state index in [4.69, 9.17) is 14.2 Å². The van der Waals surface area contributed by atoms with Crippen molar-refractivity contribution in [1.29, 1.82) is 0 Å². The number of nitrogens with one attached hydrogen (secondary N) is 3. The van der Waals surface area contributed by atoms with Gasteiger partial charge in [0.15, 0.2) is 0 Å². The fourth-order valence-corrected chi connectivity index (χ4v) is 10.5. The van der Waals surface area contributed by atoms with Crippen molar-refractivity contribution < 1.29 is 46.2 Å². The second-order valence-electron chi connectivity index (χ2n) is 17.2. The van der Waals surface area contributed by atoms with Crippen molar-refractivity contribution in [2.24, 2.45) is 5.92 Å². The van der Waals surface area contributed by atoms with Gasteiger partial charge in [0.25, 0.3) is 5.91 Å². The predicted octanol–water partition coefficient (Wildman–Crippen LogP) is 5.12. The number of rotatable bonds is 6. The maximum atomic E-state index is 16.8. The molecule has 1 spiro atoms. The average Bonchev–Trinajstić information content (AvgIpc) is 3.96. The Bertz CT molecular complexity index is 2120. The molecule has 4 amide bonds. The van der Waals surface area contributed by atoms with Crippen LogP contribution in [0.5, 0.6) is 11.5 Å². The normalized spacial score (nSPS) is 31.8. The van der Waals surface area contributed by atoms with Crippen LogP contribution in [0.3, 0.4) is 0 Å². The summed E-state index contributed by atoms with van der Waals surface area (Å²) >= 11 is 0. The molecule has 3 saturated carbocycles. The number of aromatic nitrogens is 1. The molecule has 3 aliphatic heterocycles. The molecular weight excluding hydrogens is 758 g/mol. The van der Waals surface area contributed by atoms with Crippen LogP contribution >= 0.6 is 0 Å². The zero-order valence-corrected chi connectivity index (χ0v) is 33.6. The highest BCUT2D eigenvalue weighted by molar-refractivity contribution is 7.91. The van der Waals surface area contributed by atoms with Crippen LogP contribution in [0.4, 0.5) is 9.18 Å². The van der Waals surface area contributed by atoms with Crippen LogP contribution in [0.15, 0.2) is 30.4 Å². The number of benzene rings is 1. The summed E-state index contributed by atoms with van der Waals surface area (Å²) in [6.45, 7) is 3.10. The van der Waals surface area contributed by atoms with E-state index in [0.29, 0.717) is 53.6 Å². The van der Waals surface area contributed by atoms with Crippen molar-refractivity contribution in [2.45, 2.75) is 144 Å². The molecule has 6 aliphatic rings. The lowest BCUT2D eigenvalue weighted by Gasteiger charge is -2.38. The van der Waals surface area contributed by atoms with Crippen LogP contribution in [0.1, 0.15) is 114 Å². The minimum atomic E-state index is -4.03. The molecule has 3 aliphatic carbocycles. The van der Waals surface area contributed by atoms with E-state index < -0.39 is 73.9 Å². The quantitative estimate of drug-likeness (QED) is 0.332. The van der Waals surface area contributed by atoms with Gasteiger partial charge in [-0.3, -0.25) is 19.1 Å². The number of hydrogen-bond acceptors (Lipinski definition) is 10. The lowest BCUT2D eigenvalue weighted by molar-refractivity contribution is -0.141. The number of nitrogens with zero attached hydrogens (tertiary/aromatic N) is 2. The highest BCUT2D eigenvalue weighted by Gasteiger charge is 2.64. The molecule has 57 heavy (non-hydrogen) atoms. The van der Waals surface area contributed by atoms with Gasteiger partial charge in [0.05, 0.1) is 29.6 Å². The topological polar surface area (TPSA) is 182 Å². The van der Waals surface area contributed by atoms with Crippen molar-refractivity contribution >= 4 is 44.7 Å². The molecule has 1 saturated heterocycles.